The Bertz CT molecular complexity index is 704. The summed E-state index contributed by atoms with van der Waals surface area (Å²) in [6.07, 6.45) is 0. The van der Waals surface area contributed by atoms with Crippen molar-refractivity contribution < 1.29 is 18.4 Å². The van der Waals surface area contributed by atoms with Crippen molar-refractivity contribution in [2.24, 2.45) is 0 Å². The van der Waals surface area contributed by atoms with Crippen molar-refractivity contribution in [1.82, 2.24) is 10.4 Å². The van der Waals surface area contributed by atoms with Crippen molar-refractivity contribution in [3.05, 3.63) is 57.8 Å². The highest BCUT2D eigenvalue weighted by molar-refractivity contribution is 7.12. The largest absolute Gasteiger partial charge is 0.279 e. The van der Waals surface area contributed by atoms with Crippen LogP contribution >= 0.6 is 11.3 Å². The van der Waals surface area contributed by atoms with Crippen LogP contribution in [0.15, 0.2) is 35.7 Å². The maximum atomic E-state index is 13.9. The number of hydrogen-bond acceptors (Lipinski definition) is 3. The minimum absolute atomic E-state index is 0.390. The summed E-state index contributed by atoms with van der Waals surface area (Å²) < 4.78 is 27.7. The molecular weight excluding hydrogens is 322 g/mol. The van der Waals surface area contributed by atoms with E-state index in [-0.39, 0.29) is 0 Å². The molecule has 2 aromatic rings. The van der Waals surface area contributed by atoms with Gasteiger partial charge in [-0.25, -0.2) is 13.8 Å². The highest BCUT2D eigenvalue weighted by Gasteiger charge is 2.32. The zero-order valence-electron chi connectivity index (χ0n) is 12.9. The first kappa shape index (κ1) is 17.1. The molecular formula is C16H16F2N2O2S. The molecule has 23 heavy (non-hydrogen) atoms. The van der Waals surface area contributed by atoms with Gasteiger partial charge in [0.05, 0.1) is 10.4 Å². The van der Waals surface area contributed by atoms with Crippen LogP contribution in [0.3, 0.4) is 0 Å². The Labute approximate surface area is 136 Å². The number of nitrogens with one attached hydrogen (secondary N) is 1. The molecule has 0 radical (unpaired) electrons. The number of amides is 2. The van der Waals surface area contributed by atoms with Crippen molar-refractivity contribution in [3.8, 4) is 0 Å². The van der Waals surface area contributed by atoms with Crippen molar-refractivity contribution >= 4 is 23.2 Å². The highest BCUT2D eigenvalue weighted by Crippen LogP contribution is 2.20. The maximum Gasteiger partial charge on any atom is 0.279 e. The topological polar surface area (TPSA) is 49.4 Å². The van der Waals surface area contributed by atoms with Gasteiger partial charge < -0.3 is 0 Å². The SMILES string of the molecule is CC(C)(C)N(NC(=O)c1cccs1)C(=O)c1c(F)cccc1F. The third-order valence-electron chi connectivity index (χ3n) is 3.01. The molecule has 0 saturated heterocycles. The van der Waals surface area contributed by atoms with E-state index in [4.69, 9.17) is 0 Å². The number of hydrazine groups is 1. The number of benzene rings is 1. The smallest absolute Gasteiger partial charge is 0.267 e. The zero-order chi connectivity index (χ0) is 17.2. The Kier molecular flexibility index (Phi) is 4.79. The molecule has 0 saturated carbocycles. The van der Waals surface area contributed by atoms with Gasteiger partial charge in [0.15, 0.2) is 0 Å². The summed E-state index contributed by atoms with van der Waals surface area (Å²) in [7, 11) is 0. The van der Waals surface area contributed by atoms with Crippen molar-refractivity contribution in [3.63, 3.8) is 0 Å². The molecule has 4 nitrogen and oxygen atoms in total. The van der Waals surface area contributed by atoms with Crippen LogP contribution in [0.1, 0.15) is 40.8 Å². The minimum Gasteiger partial charge on any atom is -0.267 e. The summed E-state index contributed by atoms with van der Waals surface area (Å²) in [6.45, 7) is 4.95. The number of carbonyl (C=O) groups excluding carboxylic acids is 2. The van der Waals surface area contributed by atoms with E-state index in [1.54, 1.807) is 38.3 Å². The Morgan fingerprint density at radius 1 is 1.09 bits per heavy atom. The van der Waals surface area contributed by atoms with Gasteiger partial charge in [-0.3, -0.25) is 15.0 Å². The molecule has 0 spiro atoms. The van der Waals surface area contributed by atoms with Gasteiger partial charge in [-0.05, 0) is 44.4 Å². The monoisotopic (exact) mass is 338 g/mol. The Morgan fingerprint density at radius 3 is 2.17 bits per heavy atom. The molecule has 1 N–H and O–H groups in total. The van der Waals surface area contributed by atoms with E-state index in [0.29, 0.717) is 4.88 Å². The summed E-state index contributed by atoms with van der Waals surface area (Å²) >= 11 is 1.20. The van der Waals surface area contributed by atoms with Crippen LogP contribution in [0.25, 0.3) is 0 Å². The van der Waals surface area contributed by atoms with E-state index >= 15 is 0 Å². The van der Waals surface area contributed by atoms with Gasteiger partial charge in [-0.2, -0.15) is 0 Å². The average Bonchev–Trinajstić information content (AvgIpc) is 2.97. The van der Waals surface area contributed by atoms with Crippen molar-refractivity contribution in [1.29, 1.82) is 0 Å². The Balaban J connectivity index is 2.36. The number of thiophene rings is 1. The molecule has 1 heterocycles. The molecule has 0 unspecified atom stereocenters. The standard InChI is InChI=1S/C16H16F2N2O2S/c1-16(2,3)20(19-14(21)12-8-5-9-23-12)15(22)13-10(17)6-4-7-11(13)18/h4-9H,1-3H3,(H,19,21). The molecule has 0 aliphatic heterocycles. The molecule has 2 amide bonds. The second kappa shape index (κ2) is 6.45. The zero-order valence-corrected chi connectivity index (χ0v) is 13.7. The number of hydrogen-bond donors (Lipinski definition) is 1. The molecule has 0 aliphatic rings. The van der Waals surface area contributed by atoms with Gasteiger partial charge in [0, 0.05) is 0 Å². The van der Waals surface area contributed by atoms with Crippen LogP contribution in [0, 0.1) is 11.6 Å². The molecule has 1 aromatic heterocycles. The fourth-order valence-corrected chi connectivity index (χ4v) is 2.52. The Morgan fingerprint density at radius 2 is 1.70 bits per heavy atom. The molecule has 7 heteroatoms. The fraction of sp³-hybridized carbons (Fsp3) is 0.250. The summed E-state index contributed by atoms with van der Waals surface area (Å²) in [5, 5.41) is 2.66. The van der Waals surface area contributed by atoms with Crippen molar-refractivity contribution in [2.45, 2.75) is 26.3 Å². The molecule has 0 atom stereocenters. The van der Waals surface area contributed by atoms with Crippen molar-refractivity contribution in [2.75, 3.05) is 0 Å². The van der Waals surface area contributed by atoms with Crippen LogP contribution in [0.4, 0.5) is 8.78 Å². The predicted molar refractivity (Wildman–Crippen MR) is 84.1 cm³/mol. The van der Waals surface area contributed by atoms with Gasteiger partial charge in [0.25, 0.3) is 11.8 Å². The van der Waals surface area contributed by atoms with Crippen LogP contribution < -0.4 is 5.43 Å². The number of halogens is 2. The molecule has 0 aliphatic carbocycles. The van der Waals surface area contributed by atoms with E-state index in [1.807, 2.05) is 0 Å². The molecule has 2 rings (SSSR count). The van der Waals surface area contributed by atoms with Gasteiger partial charge in [-0.1, -0.05) is 12.1 Å². The number of carbonyl (C=O) groups is 2. The quantitative estimate of drug-likeness (QED) is 0.851. The fourth-order valence-electron chi connectivity index (χ4n) is 1.90. The maximum absolute atomic E-state index is 13.9. The lowest BCUT2D eigenvalue weighted by molar-refractivity contribution is 0.0352. The van der Waals surface area contributed by atoms with Crippen LogP contribution in [-0.2, 0) is 0 Å². The third-order valence-corrected chi connectivity index (χ3v) is 3.88. The second-order valence-corrected chi connectivity index (χ2v) is 6.77. The van der Waals surface area contributed by atoms with E-state index in [0.717, 1.165) is 17.1 Å². The number of nitrogens with zero attached hydrogens (tertiary/aromatic N) is 1. The molecule has 0 fully saturated rings. The van der Waals surface area contributed by atoms with Gasteiger partial charge >= 0.3 is 0 Å². The Hall–Kier alpha value is -2.28. The molecule has 122 valence electrons. The lowest BCUT2D eigenvalue weighted by atomic mass is 10.1. The minimum atomic E-state index is -0.977. The first-order chi connectivity index (χ1) is 10.7. The summed E-state index contributed by atoms with van der Waals surface area (Å²) in [6, 6.07) is 6.46. The second-order valence-electron chi connectivity index (χ2n) is 5.83. The van der Waals surface area contributed by atoms with E-state index in [2.05, 4.69) is 5.43 Å². The van der Waals surface area contributed by atoms with Gasteiger partial charge in [-0.15, -0.1) is 11.3 Å². The third kappa shape index (κ3) is 3.73. The lowest BCUT2D eigenvalue weighted by Gasteiger charge is -2.35. The van der Waals surface area contributed by atoms with Gasteiger partial charge in [0.2, 0.25) is 0 Å². The molecule has 1 aromatic carbocycles. The van der Waals surface area contributed by atoms with Gasteiger partial charge in [0.1, 0.15) is 17.2 Å². The van der Waals surface area contributed by atoms with E-state index in [9.17, 15) is 18.4 Å². The first-order valence-corrected chi connectivity index (χ1v) is 7.73. The van der Waals surface area contributed by atoms with E-state index in [1.165, 1.54) is 17.4 Å². The van der Waals surface area contributed by atoms with Crippen LogP contribution in [0.2, 0.25) is 0 Å². The normalized spacial score (nSPS) is 11.2. The predicted octanol–water partition coefficient (Wildman–Crippen LogP) is 3.61. The van der Waals surface area contributed by atoms with Crippen LogP contribution in [-0.4, -0.2) is 22.4 Å². The lowest BCUT2D eigenvalue weighted by Crippen LogP contribution is -2.56. The number of rotatable bonds is 2. The summed E-state index contributed by atoms with van der Waals surface area (Å²) in [5.74, 6) is -3.41. The first-order valence-electron chi connectivity index (χ1n) is 6.85. The summed E-state index contributed by atoms with van der Waals surface area (Å²) in [5.41, 5.74) is 0.858. The molecule has 0 bridgehead atoms. The van der Waals surface area contributed by atoms with E-state index < -0.39 is 34.6 Å². The summed E-state index contributed by atoms with van der Waals surface area (Å²) in [4.78, 5) is 25.1. The average molecular weight is 338 g/mol. The highest BCUT2D eigenvalue weighted by atomic mass is 32.1. The van der Waals surface area contributed by atoms with Crippen LogP contribution in [0.5, 0.6) is 0 Å².